The third-order valence-electron chi connectivity index (χ3n) is 3.02. The summed E-state index contributed by atoms with van der Waals surface area (Å²) < 4.78 is 5.48. The molecule has 0 aliphatic carbocycles. The molecule has 0 radical (unpaired) electrons. The predicted octanol–water partition coefficient (Wildman–Crippen LogP) is 2.90. The molecule has 104 valence electrons. The molecule has 1 amide bonds. The first kappa shape index (κ1) is 13.9. The lowest BCUT2D eigenvalue weighted by atomic mass is 10.2. The third kappa shape index (κ3) is 3.51. The normalized spacial score (nSPS) is 10.1. The van der Waals surface area contributed by atoms with Crippen molar-refractivity contribution >= 4 is 17.3 Å². The molecule has 0 unspecified atom stereocenters. The van der Waals surface area contributed by atoms with Gasteiger partial charge in [-0.2, -0.15) is 0 Å². The highest BCUT2D eigenvalue weighted by molar-refractivity contribution is 5.91. The molecular weight excluding hydrogens is 252 g/mol. The maximum atomic E-state index is 11.8. The monoisotopic (exact) mass is 270 g/mol. The Morgan fingerprint density at radius 2 is 1.85 bits per heavy atom. The number of nitrogens with two attached hydrogens (primary N) is 1. The lowest BCUT2D eigenvalue weighted by Crippen LogP contribution is -2.20. The van der Waals surface area contributed by atoms with E-state index >= 15 is 0 Å². The molecule has 4 heteroatoms. The van der Waals surface area contributed by atoms with E-state index in [2.05, 4.69) is 5.32 Å². The van der Waals surface area contributed by atoms with Crippen molar-refractivity contribution in [2.45, 2.75) is 13.8 Å². The zero-order valence-electron chi connectivity index (χ0n) is 11.6. The van der Waals surface area contributed by atoms with Crippen molar-refractivity contribution in [3.8, 4) is 5.75 Å². The molecule has 2 rings (SSSR count). The highest BCUT2D eigenvalue weighted by atomic mass is 16.5. The van der Waals surface area contributed by atoms with E-state index in [4.69, 9.17) is 10.5 Å². The minimum atomic E-state index is -0.198. The maximum Gasteiger partial charge on any atom is 0.262 e. The molecule has 0 bridgehead atoms. The number of ether oxygens (including phenoxy) is 1. The van der Waals surface area contributed by atoms with Crippen LogP contribution in [0.3, 0.4) is 0 Å². The van der Waals surface area contributed by atoms with Crippen LogP contribution < -0.4 is 15.8 Å². The Morgan fingerprint density at radius 1 is 1.15 bits per heavy atom. The fourth-order valence-corrected chi connectivity index (χ4v) is 1.77. The van der Waals surface area contributed by atoms with Gasteiger partial charge in [0.05, 0.1) is 0 Å². The molecule has 0 aromatic heterocycles. The van der Waals surface area contributed by atoms with Crippen molar-refractivity contribution in [3.05, 3.63) is 53.6 Å². The Bertz CT molecular complexity index is 606. The van der Waals surface area contributed by atoms with Gasteiger partial charge in [0.25, 0.3) is 5.91 Å². The van der Waals surface area contributed by atoms with Crippen LogP contribution in [0.25, 0.3) is 0 Å². The van der Waals surface area contributed by atoms with Crippen molar-refractivity contribution in [2.75, 3.05) is 17.7 Å². The molecule has 0 fully saturated rings. The summed E-state index contributed by atoms with van der Waals surface area (Å²) in [4.78, 5) is 11.8. The molecule has 0 aliphatic heterocycles. The number of amides is 1. The average molecular weight is 270 g/mol. The Hall–Kier alpha value is -2.49. The molecule has 0 atom stereocenters. The molecule has 0 heterocycles. The Labute approximate surface area is 118 Å². The second-order valence-electron chi connectivity index (χ2n) is 4.67. The van der Waals surface area contributed by atoms with Gasteiger partial charge in [0.1, 0.15) is 5.75 Å². The maximum absolute atomic E-state index is 11.8. The number of hydrogen-bond donors (Lipinski definition) is 2. The number of hydrogen-bond acceptors (Lipinski definition) is 3. The standard InChI is InChI=1S/C16H18N2O2/c1-11-6-8-13(9-7-11)18-16(19)10-20-15-5-3-4-14(17)12(15)2/h3-9H,10,17H2,1-2H3,(H,18,19). The van der Waals surface area contributed by atoms with Gasteiger partial charge in [-0.3, -0.25) is 4.79 Å². The van der Waals surface area contributed by atoms with E-state index in [1.54, 1.807) is 18.2 Å². The first-order valence-electron chi connectivity index (χ1n) is 6.40. The molecule has 2 aromatic rings. The summed E-state index contributed by atoms with van der Waals surface area (Å²) in [5.41, 5.74) is 9.19. The van der Waals surface area contributed by atoms with Crippen LogP contribution in [0.2, 0.25) is 0 Å². The highest BCUT2D eigenvalue weighted by Gasteiger charge is 2.06. The van der Waals surface area contributed by atoms with Gasteiger partial charge in [0, 0.05) is 16.9 Å². The quantitative estimate of drug-likeness (QED) is 0.840. The van der Waals surface area contributed by atoms with Crippen molar-refractivity contribution in [2.24, 2.45) is 0 Å². The summed E-state index contributed by atoms with van der Waals surface area (Å²) in [7, 11) is 0. The Kier molecular flexibility index (Phi) is 4.25. The lowest BCUT2D eigenvalue weighted by molar-refractivity contribution is -0.118. The van der Waals surface area contributed by atoms with Gasteiger partial charge in [0.15, 0.2) is 6.61 Å². The van der Waals surface area contributed by atoms with E-state index in [9.17, 15) is 4.79 Å². The number of aryl methyl sites for hydroxylation is 1. The number of nitrogens with one attached hydrogen (secondary N) is 1. The van der Waals surface area contributed by atoms with E-state index in [1.807, 2.05) is 38.1 Å². The molecule has 0 saturated carbocycles. The molecule has 0 saturated heterocycles. The average Bonchev–Trinajstić information content (AvgIpc) is 2.43. The van der Waals surface area contributed by atoms with Gasteiger partial charge in [-0.25, -0.2) is 0 Å². The molecule has 3 N–H and O–H groups in total. The third-order valence-corrected chi connectivity index (χ3v) is 3.02. The first-order chi connectivity index (χ1) is 9.56. The zero-order chi connectivity index (χ0) is 14.5. The first-order valence-corrected chi connectivity index (χ1v) is 6.40. The van der Waals surface area contributed by atoms with Crippen LogP contribution in [0.15, 0.2) is 42.5 Å². The van der Waals surface area contributed by atoms with Crippen LogP contribution in [0.1, 0.15) is 11.1 Å². The minimum Gasteiger partial charge on any atom is -0.483 e. The minimum absolute atomic E-state index is 0.0435. The number of carbonyl (C=O) groups is 1. The summed E-state index contributed by atoms with van der Waals surface area (Å²) in [6.45, 7) is 3.82. The Balaban J connectivity index is 1.92. The van der Waals surface area contributed by atoms with Crippen molar-refractivity contribution in [1.82, 2.24) is 0 Å². The van der Waals surface area contributed by atoms with Crippen LogP contribution in [0, 0.1) is 13.8 Å². The molecule has 20 heavy (non-hydrogen) atoms. The summed E-state index contributed by atoms with van der Waals surface area (Å²) in [5, 5.41) is 2.78. The fourth-order valence-electron chi connectivity index (χ4n) is 1.77. The van der Waals surface area contributed by atoms with Crippen LogP contribution in [0.5, 0.6) is 5.75 Å². The molecule has 4 nitrogen and oxygen atoms in total. The van der Waals surface area contributed by atoms with E-state index in [0.717, 1.165) is 16.8 Å². The number of nitrogen functional groups attached to an aromatic ring is 1. The SMILES string of the molecule is Cc1ccc(NC(=O)COc2cccc(N)c2C)cc1. The predicted molar refractivity (Wildman–Crippen MR) is 80.9 cm³/mol. The smallest absolute Gasteiger partial charge is 0.262 e. The largest absolute Gasteiger partial charge is 0.483 e. The van der Waals surface area contributed by atoms with Crippen molar-refractivity contribution < 1.29 is 9.53 Å². The molecule has 0 aliphatic rings. The van der Waals surface area contributed by atoms with Crippen molar-refractivity contribution in [3.63, 3.8) is 0 Å². The van der Waals surface area contributed by atoms with E-state index in [1.165, 1.54) is 0 Å². The van der Waals surface area contributed by atoms with Crippen LogP contribution in [0.4, 0.5) is 11.4 Å². The van der Waals surface area contributed by atoms with Gasteiger partial charge in [-0.05, 0) is 38.1 Å². The van der Waals surface area contributed by atoms with E-state index < -0.39 is 0 Å². The number of rotatable bonds is 4. The summed E-state index contributed by atoms with van der Waals surface area (Å²) in [6, 6.07) is 13.0. The van der Waals surface area contributed by atoms with Gasteiger partial charge < -0.3 is 15.8 Å². The molecule has 2 aromatic carbocycles. The van der Waals surface area contributed by atoms with Gasteiger partial charge >= 0.3 is 0 Å². The summed E-state index contributed by atoms with van der Waals surface area (Å²) >= 11 is 0. The Morgan fingerprint density at radius 3 is 2.55 bits per heavy atom. The van der Waals surface area contributed by atoms with Crippen LogP contribution in [-0.2, 0) is 4.79 Å². The van der Waals surface area contributed by atoms with Gasteiger partial charge in [0.2, 0.25) is 0 Å². The van der Waals surface area contributed by atoms with E-state index in [0.29, 0.717) is 11.4 Å². The zero-order valence-corrected chi connectivity index (χ0v) is 11.6. The van der Waals surface area contributed by atoms with Gasteiger partial charge in [-0.15, -0.1) is 0 Å². The van der Waals surface area contributed by atoms with Crippen molar-refractivity contribution in [1.29, 1.82) is 0 Å². The van der Waals surface area contributed by atoms with E-state index in [-0.39, 0.29) is 12.5 Å². The summed E-state index contributed by atoms with van der Waals surface area (Å²) in [5.74, 6) is 0.430. The molecular formula is C16H18N2O2. The second kappa shape index (κ2) is 6.10. The molecule has 0 spiro atoms. The summed E-state index contributed by atoms with van der Waals surface area (Å²) in [6.07, 6.45) is 0. The van der Waals surface area contributed by atoms with Crippen LogP contribution >= 0.6 is 0 Å². The van der Waals surface area contributed by atoms with Gasteiger partial charge in [-0.1, -0.05) is 23.8 Å². The number of benzene rings is 2. The number of anilines is 2. The topological polar surface area (TPSA) is 64.3 Å². The lowest BCUT2D eigenvalue weighted by Gasteiger charge is -2.11. The highest BCUT2D eigenvalue weighted by Crippen LogP contribution is 2.22. The fraction of sp³-hybridized carbons (Fsp3) is 0.188. The van der Waals surface area contributed by atoms with Crippen LogP contribution in [-0.4, -0.2) is 12.5 Å². The number of carbonyl (C=O) groups excluding carboxylic acids is 1. The second-order valence-corrected chi connectivity index (χ2v) is 4.67.